The Morgan fingerprint density at radius 3 is 2.44 bits per heavy atom. The molecule has 92 valence electrons. The Labute approximate surface area is 105 Å². The van der Waals surface area contributed by atoms with Gasteiger partial charge in [0.1, 0.15) is 12.4 Å². The van der Waals surface area contributed by atoms with Crippen molar-refractivity contribution in [3.63, 3.8) is 0 Å². The Balaban J connectivity index is 2.07. The quantitative estimate of drug-likeness (QED) is 0.865. The summed E-state index contributed by atoms with van der Waals surface area (Å²) in [5.74, 6) is 0.517. The standard InChI is InChI=1S/C14H13NO3/c16-14(17)15-12-8-4-5-9-13(12)18-10-11-6-2-1-3-7-11/h1-9,15H,10H2,(H,16,17). The zero-order valence-corrected chi connectivity index (χ0v) is 9.67. The van der Waals surface area contributed by atoms with Crippen LogP contribution in [0.1, 0.15) is 5.56 Å². The van der Waals surface area contributed by atoms with Gasteiger partial charge in [-0.3, -0.25) is 5.32 Å². The molecule has 0 aromatic heterocycles. The summed E-state index contributed by atoms with van der Waals surface area (Å²) in [7, 11) is 0. The summed E-state index contributed by atoms with van der Waals surface area (Å²) in [6, 6.07) is 16.6. The van der Waals surface area contributed by atoms with Crippen LogP contribution in [0, 0.1) is 0 Å². The topological polar surface area (TPSA) is 58.6 Å². The van der Waals surface area contributed by atoms with Crippen molar-refractivity contribution in [1.82, 2.24) is 0 Å². The van der Waals surface area contributed by atoms with Gasteiger partial charge in [-0.2, -0.15) is 0 Å². The van der Waals surface area contributed by atoms with Crippen LogP contribution >= 0.6 is 0 Å². The molecule has 1 amide bonds. The molecule has 0 aliphatic carbocycles. The predicted octanol–water partition coefficient (Wildman–Crippen LogP) is 3.36. The van der Waals surface area contributed by atoms with Crippen LogP contribution in [0.25, 0.3) is 0 Å². The van der Waals surface area contributed by atoms with E-state index in [2.05, 4.69) is 5.32 Å². The fourth-order valence-electron chi connectivity index (χ4n) is 1.55. The molecule has 0 atom stereocenters. The lowest BCUT2D eigenvalue weighted by Crippen LogP contribution is -2.08. The fraction of sp³-hybridized carbons (Fsp3) is 0.0714. The second-order valence-electron chi connectivity index (χ2n) is 3.70. The van der Waals surface area contributed by atoms with Crippen LogP contribution in [0.15, 0.2) is 54.6 Å². The number of ether oxygens (including phenoxy) is 1. The van der Waals surface area contributed by atoms with Gasteiger partial charge in [0.25, 0.3) is 0 Å². The Morgan fingerprint density at radius 2 is 1.72 bits per heavy atom. The van der Waals surface area contributed by atoms with Crippen LogP contribution in [-0.4, -0.2) is 11.2 Å². The molecule has 2 aromatic carbocycles. The SMILES string of the molecule is O=C(O)Nc1ccccc1OCc1ccccc1. The molecule has 0 radical (unpaired) electrons. The number of hydrogen-bond acceptors (Lipinski definition) is 2. The minimum Gasteiger partial charge on any atom is -0.487 e. The first-order valence-electron chi connectivity index (χ1n) is 5.51. The summed E-state index contributed by atoms with van der Waals surface area (Å²) in [6.45, 7) is 0.402. The third-order valence-corrected chi connectivity index (χ3v) is 2.37. The molecule has 0 spiro atoms. The molecule has 18 heavy (non-hydrogen) atoms. The van der Waals surface area contributed by atoms with Crippen molar-refractivity contribution < 1.29 is 14.6 Å². The molecule has 2 aromatic rings. The van der Waals surface area contributed by atoms with Gasteiger partial charge in [0.15, 0.2) is 0 Å². The number of amides is 1. The normalized spacial score (nSPS) is 9.78. The van der Waals surface area contributed by atoms with Crippen LogP contribution in [0.5, 0.6) is 5.75 Å². The number of nitrogens with one attached hydrogen (secondary N) is 1. The van der Waals surface area contributed by atoms with E-state index < -0.39 is 6.09 Å². The van der Waals surface area contributed by atoms with Crippen molar-refractivity contribution in [2.45, 2.75) is 6.61 Å². The lowest BCUT2D eigenvalue weighted by atomic mass is 10.2. The molecule has 0 aliphatic heterocycles. The van der Waals surface area contributed by atoms with Gasteiger partial charge in [0, 0.05) is 0 Å². The molecule has 0 bridgehead atoms. The van der Waals surface area contributed by atoms with Gasteiger partial charge >= 0.3 is 6.09 Å². The molecule has 0 aliphatic rings. The number of anilines is 1. The van der Waals surface area contributed by atoms with Crippen molar-refractivity contribution in [3.8, 4) is 5.75 Å². The molecule has 2 N–H and O–H groups in total. The highest BCUT2D eigenvalue weighted by Crippen LogP contribution is 2.24. The second kappa shape index (κ2) is 5.72. The number of carboxylic acid groups (broad SMARTS) is 1. The van der Waals surface area contributed by atoms with Crippen LogP contribution in [0.2, 0.25) is 0 Å². The van der Waals surface area contributed by atoms with E-state index >= 15 is 0 Å². The second-order valence-corrected chi connectivity index (χ2v) is 3.70. The zero-order chi connectivity index (χ0) is 12.8. The first-order chi connectivity index (χ1) is 8.75. The molecule has 0 saturated heterocycles. The van der Waals surface area contributed by atoms with E-state index in [9.17, 15) is 4.79 Å². The maximum absolute atomic E-state index is 10.6. The molecule has 2 rings (SSSR count). The van der Waals surface area contributed by atoms with Gasteiger partial charge in [-0.15, -0.1) is 0 Å². The fourth-order valence-corrected chi connectivity index (χ4v) is 1.55. The van der Waals surface area contributed by atoms with E-state index in [1.165, 1.54) is 0 Å². The third-order valence-electron chi connectivity index (χ3n) is 2.37. The highest BCUT2D eigenvalue weighted by molar-refractivity contribution is 5.85. The van der Waals surface area contributed by atoms with Gasteiger partial charge in [-0.25, -0.2) is 4.79 Å². The van der Waals surface area contributed by atoms with Crippen LogP contribution < -0.4 is 10.1 Å². The van der Waals surface area contributed by atoms with Crippen molar-refractivity contribution >= 4 is 11.8 Å². The summed E-state index contributed by atoms with van der Waals surface area (Å²) < 4.78 is 5.60. The van der Waals surface area contributed by atoms with Crippen molar-refractivity contribution in [1.29, 1.82) is 0 Å². The van der Waals surface area contributed by atoms with E-state index in [1.807, 2.05) is 30.3 Å². The lowest BCUT2D eigenvalue weighted by Gasteiger charge is -2.10. The number of benzene rings is 2. The molecule has 0 unspecified atom stereocenters. The van der Waals surface area contributed by atoms with E-state index in [1.54, 1.807) is 24.3 Å². The summed E-state index contributed by atoms with van der Waals surface area (Å²) in [5, 5.41) is 11.0. The Bertz CT molecular complexity index is 526. The minimum absolute atomic E-state index is 0.402. The van der Waals surface area contributed by atoms with Crippen LogP contribution in [-0.2, 0) is 6.61 Å². The summed E-state index contributed by atoms with van der Waals surface area (Å²) in [6.07, 6.45) is -1.11. The third kappa shape index (κ3) is 3.25. The number of carbonyl (C=O) groups is 1. The molecule has 0 saturated carbocycles. The molecular formula is C14H13NO3. The monoisotopic (exact) mass is 243 g/mol. The molecule has 0 fully saturated rings. The summed E-state index contributed by atoms with van der Waals surface area (Å²) >= 11 is 0. The highest BCUT2D eigenvalue weighted by atomic mass is 16.5. The largest absolute Gasteiger partial charge is 0.487 e. The Morgan fingerprint density at radius 1 is 1.06 bits per heavy atom. The maximum Gasteiger partial charge on any atom is 0.409 e. The Hall–Kier alpha value is -2.49. The smallest absolute Gasteiger partial charge is 0.409 e. The van der Waals surface area contributed by atoms with Crippen molar-refractivity contribution in [3.05, 3.63) is 60.2 Å². The zero-order valence-electron chi connectivity index (χ0n) is 9.67. The lowest BCUT2D eigenvalue weighted by molar-refractivity contribution is 0.209. The van der Waals surface area contributed by atoms with Crippen LogP contribution in [0.4, 0.5) is 10.5 Å². The predicted molar refractivity (Wildman–Crippen MR) is 68.9 cm³/mol. The molecule has 0 heterocycles. The number of para-hydroxylation sites is 2. The first kappa shape index (κ1) is 12.0. The first-order valence-corrected chi connectivity index (χ1v) is 5.51. The van der Waals surface area contributed by atoms with Gasteiger partial charge in [-0.05, 0) is 17.7 Å². The van der Waals surface area contributed by atoms with Gasteiger partial charge in [0.05, 0.1) is 5.69 Å². The van der Waals surface area contributed by atoms with Crippen molar-refractivity contribution in [2.24, 2.45) is 0 Å². The summed E-state index contributed by atoms with van der Waals surface area (Å²) in [5.41, 5.74) is 1.48. The average Bonchev–Trinajstić information content (AvgIpc) is 2.38. The molecule has 4 nitrogen and oxygen atoms in total. The van der Waals surface area contributed by atoms with Gasteiger partial charge in [0.2, 0.25) is 0 Å². The number of hydrogen-bond donors (Lipinski definition) is 2. The Kier molecular flexibility index (Phi) is 3.81. The molecular weight excluding hydrogens is 230 g/mol. The van der Waals surface area contributed by atoms with Gasteiger partial charge in [-0.1, -0.05) is 42.5 Å². The van der Waals surface area contributed by atoms with Crippen molar-refractivity contribution in [2.75, 3.05) is 5.32 Å². The highest BCUT2D eigenvalue weighted by Gasteiger charge is 2.05. The van der Waals surface area contributed by atoms with E-state index in [-0.39, 0.29) is 0 Å². The average molecular weight is 243 g/mol. The molecule has 4 heteroatoms. The van der Waals surface area contributed by atoms with Gasteiger partial charge < -0.3 is 9.84 Å². The van der Waals surface area contributed by atoms with E-state index in [0.717, 1.165) is 5.56 Å². The number of rotatable bonds is 4. The summed E-state index contributed by atoms with van der Waals surface area (Å²) in [4.78, 5) is 10.6. The van der Waals surface area contributed by atoms with E-state index in [0.29, 0.717) is 18.0 Å². The van der Waals surface area contributed by atoms with E-state index in [4.69, 9.17) is 9.84 Å². The van der Waals surface area contributed by atoms with Crippen LogP contribution in [0.3, 0.4) is 0 Å². The maximum atomic E-state index is 10.6. The minimum atomic E-state index is -1.11.